The van der Waals surface area contributed by atoms with E-state index >= 15 is 0 Å². The highest BCUT2D eigenvalue weighted by Gasteiger charge is 2.11. The normalized spacial score (nSPS) is 11.0. The SMILES string of the molecule is Cc1cccc(-c2cccc3nnn(Cc4ccccc4)c23)c1. The van der Waals surface area contributed by atoms with Gasteiger partial charge in [-0.05, 0) is 24.1 Å². The summed E-state index contributed by atoms with van der Waals surface area (Å²) in [6.45, 7) is 2.84. The molecule has 0 bridgehead atoms. The summed E-state index contributed by atoms with van der Waals surface area (Å²) in [6.07, 6.45) is 0. The van der Waals surface area contributed by atoms with E-state index in [9.17, 15) is 0 Å². The molecule has 0 aliphatic rings. The number of hydrogen-bond acceptors (Lipinski definition) is 2. The Hall–Kier alpha value is -2.94. The molecule has 0 atom stereocenters. The highest BCUT2D eigenvalue weighted by atomic mass is 15.4. The van der Waals surface area contributed by atoms with Gasteiger partial charge in [0, 0.05) is 5.56 Å². The first-order valence-electron chi connectivity index (χ1n) is 7.74. The van der Waals surface area contributed by atoms with Gasteiger partial charge in [-0.15, -0.1) is 5.10 Å². The molecule has 0 amide bonds. The van der Waals surface area contributed by atoms with Gasteiger partial charge in [0.2, 0.25) is 0 Å². The number of hydrogen-bond donors (Lipinski definition) is 0. The van der Waals surface area contributed by atoms with Crippen molar-refractivity contribution >= 4 is 11.0 Å². The van der Waals surface area contributed by atoms with Crippen molar-refractivity contribution in [3.8, 4) is 11.1 Å². The van der Waals surface area contributed by atoms with Gasteiger partial charge in [-0.3, -0.25) is 0 Å². The Morgan fingerprint density at radius 2 is 1.70 bits per heavy atom. The van der Waals surface area contributed by atoms with Crippen LogP contribution in [0.15, 0.2) is 72.8 Å². The molecule has 0 saturated carbocycles. The van der Waals surface area contributed by atoms with Crippen LogP contribution in [0.25, 0.3) is 22.2 Å². The summed E-state index contributed by atoms with van der Waals surface area (Å²) in [7, 11) is 0. The first-order valence-corrected chi connectivity index (χ1v) is 7.74. The third-order valence-corrected chi connectivity index (χ3v) is 4.04. The average Bonchev–Trinajstić information content (AvgIpc) is 2.99. The van der Waals surface area contributed by atoms with Crippen molar-refractivity contribution in [2.45, 2.75) is 13.5 Å². The van der Waals surface area contributed by atoms with Crippen molar-refractivity contribution < 1.29 is 0 Å². The second kappa shape index (κ2) is 5.69. The Morgan fingerprint density at radius 1 is 0.870 bits per heavy atom. The summed E-state index contributed by atoms with van der Waals surface area (Å²) in [5.41, 5.74) is 6.86. The molecule has 0 saturated heterocycles. The van der Waals surface area contributed by atoms with Gasteiger partial charge in [-0.1, -0.05) is 77.5 Å². The monoisotopic (exact) mass is 299 g/mol. The molecule has 3 aromatic carbocycles. The van der Waals surface area contributed by atoms with Crippen molar-refractivity contribution in [1.82, 2.24) is 15.0 Å². The smallest absolute Gasteiger partial charge is 0.113 e. The molecule has 4 aromatic rings. The summed E-state index contributed by atoms with van der Waals surface area (Å²) >= 11 is 0. The molecule has 0 aliphatic heterocycles. The molecule has 3 nitrogen and oxygen atoms in total. The fraction of sp³-hybridized carbons (Fsp3) is 0.100. The predicted octanol–water partition coefficient (Wildman–Crippen LogP) is 4.46. The maximum atomic E-state index is 4.37. The molecular weight excluding hydrogens is 282 g/mol. The standard InChI is InChI=1S/C20H17N3/c1-15-7-5-10-17(13-15)18-11-6-12-19-20(18)23(22-21-19)14-16-8-3-2-4-9-16/h2-13H,14H2,1H3. The number of fused-ring (bicyclic) bond motifs is 1. The number of benzene rings is 3. The van der Waals surface area contributed by atoms with Crippen LogP contribution in [0.3, 0.4) is 0 Å². The van der Waals surface area contributed by atoms with Crippen LogP contribution in [0.1, 0.15) is 11.1 Å². The number of aromatic nitrogens is 3. The van der Waals surface area contributed by atoms with Crippen LogP contribution in [0.5, 0.6) is 0 Å². The maximum Gasteiger partial charge on any atom is 0.113 e. The summed E-state index contributed by atoms with van der Waals surface area (Å²) in [5, 5.41) is 8.70. The highest BCUT2D eigenvalue weighted by molar-refractivity contribution is 5.91. The Balaban J connectivity index is 1.87. The minimum absolute atomic E-state index is 0.722. The molecule has 112 valence electrons. The lowest BCUT2D eigenvalue weighted by Crippen LogP contribution is -2.02. The molecule has 1 aromatic heterocycles. The lowest BCUT2D eigenvalue weighted by Gasteiger charge is -2.08. The van der Waals surface area contributed by atoms with Gasteiger partial charge in [0.15, 0.2) is 0 Å². The van der Waals surface area contributed by atoms with Crippen LogP contribution in [0, 0.1) is 6.92 Å². The van der Waals surface area contributed by atoms with Gasteiger partial charge >= 0.3 is 0 Å². The number of aryl methyl sites for hydroxylation is 1. The van der Waals surface area contributed by atoms with Crippen molar-refractivity contribution in [3.05, 3.63) is 83.9 Å². The predicted molar refractivity (Wildman–Crippen MR) is 93.2 cm³/mol. The lowest BCUT2D eigenvalue weighted by atomic mass is 10.0. The third kappa shape index (κ3) is 2.61. The molecule has 0 spiro atoms. The van der Waals surface area contributed by atoms with E-state index < -0.39 is 0 Å². The molecule has 1 heterocycles. The van der Waals surface area contributed by atoms with E-state index in [0.717, 1.165) is 17.6 Å². The summed E-state index contributed by atoms with van der Waals surface area (Å²) in [4.78, 5) is 0. The number of nitrogens with zero attached hydrogens (tertiary/aromatic N) is 3. The van der Waals surface area contributed by atoms with Gasteiger partial charge < -0.3 is 0 Å². The lowest BCUT2D eigenvalue weighted by molar-refractivity contribution is 0.670. The molecule has 4 rings (SSSR count). The Labute approximate surface area is 135 Å². The van der Waals surface area contributed by atoms with E-state index in [4.69, 9.17) is 0 Å². The summed E-state index contributed by atoms with van der Waals surface area (Å²) < 4.78 is 1.99. The van der Waals surface area contributed by atoms with Crippen LogP contribution in [0.4, 0.5) is 0 Å². The van der Waals surface area contributed by atoms with E-state index in [1.54, 1.807) is 0 Å². The highest BCUT2D eigenvalue weighted by Crippen LogP contribution is 2.28. The van der Waals surface area contributed by atoms with Gasteiger partial charge in [-0.2, -0.15) is 0 Å². The summed E-state index contributed by atoms with van der Waals surface area (Å²) in [5.74, 6) is 0. The maximum absolute atomic E-state index is 4.37. The first-order chi connectivity index (χ1) is 11.3. The van der Waals surface area contributed by atoms with Crippen LogP contribution >= 0.6 is 0 Å². The average molecular weight is 299 g/mol. The van der Waals surface area contributed by atoms with Crippen LogP contribution in [-0.2, 0) is 6.54 Å². The molecule has 3 heteroatoms. The molecule has 0 unspecified atom stereocenters. The van der Waals surface area contributed by atoms with E-state index in [1.165, 1.54) is 22.3 Å². The molecule has 0 aliphatic carbocycles. The number of rotatable bonds is 3. The third-order valence-electron chi connectivity index (χ3n) is 4.04. The van der Waals surface area contributed by atoms with E-state index in [0.29, 0.717) is 0 Å². The molecule has 0 N–H and O–H groups in total. The largest absolute Gasteiger partial charge is 0.240 e. The minimum Gasteiger partial charge on any atom is -0.240 e. The molecule has 0 radical (unpaired) electrons. The summed E-state index contributed by atoms with van der Waals surface area (Å²) in [6, 6.07) is 25.1. The Bertz CT molecular complexity index is 955. The molecular formula is C20H17N3. The molecule has 0 fully saturated rings. The Morgan fingerprint density at radius 3 is 2.52 bits per heavy atom. The van der Waals surface area contributed by atoms with Gasteiger partial charge in [-0.25, -0.2) is 4.68 Å². The zero-order valence-electron chi connectivity index (χ0n) is 13.0. The van der Waals surface area contributed by atoms with Crippen LogP contribution < -0.4 is 0 Å². The second-order valence-electron chi connectivity index (χ2n) is 5.78. The van der Waals surface area contributed by atoms with Crippen LogP contribution in [-0.4, -0.2) is 15.0 Å². The van der Waals surface area contributed by atoms with Gasteiger partial charge in [0.25, 0.3) is 0 Å². The van der Waals surface area contributed by atoms with E-state index in [2.05, 4.69) is 71.8 Å². The van der Waals surface area contributed by atoms with Crippen molar-refractivity contribution in [3.63, 3.8) is 0 Å². The van der Waals surface area contributed by atoms with Gasteiger partial charge in [0.1, 0.15) is 5.52 Å². The van der Waals surface area contributed by atoms with Gasteiger partial charge in [0.05, 0.1) is 12.1 Å². The van der Waals surface area contributed by atoms with Crippen LogP contribution in [0.2, 0.25) is 0 Å². The zero-order valence-corrected chi connectivity index (χ0v) is 13.0. The van der Waals surface area contributed by atoms with Crippen molar-refractivity contribution in [2.24, 2.45) is 0 Å². The van der Waals surface area contributed by atoms with E-state index in [-0.39, 0.29) is 0 Å². The number of para-hydroxylation sites is 1. The van der Waals surface area contributed by atoms with Crippen molar-refractivity contribution in [1.29, 1.82) is 0 Å². The quantitative estimate of drug-likeness (QED) is 0.559. The second-order valence-corrected chi connectivity index (χ2v) is 5.78. The fourth-order valence-electron chi connectivity index (χ4n) is 2.94. The zero-order chi connectivity index (χ0) is 15.6. The molecule has 23 heavy (non-hydrogen) atoms. The minimum atomic E-state index is 0.722. The Kier molecular flexibility index (Phi) is 3.39. The first kappa shape index (κ1) is 13.7. The van der Waals surface area contributed by atoms with Crippen molar-refractivity contribution in [2.75, 3.05) is 0 Å². The topological polar surface area (TPSA) is 30.7 Å². The van der Waals surface area contributed by atoms with E-state index in [1.807, 2.05) is 22.9 Å². The fourth-order valence-corrected chi connectivity index (χ4v) is 2.94.